The molecular weight excluding hydrogens is 222 g/mol. The molecule has 0 saturated heterocycles. The molecule has 0 heterocycles. The van der Waals surface area contributed by atoms with Gasteiger partial charge in [0, 0.05) is 30.2 Å². The molecule has 0 aliphatic carbocycles. The van der Waals surface area contributed by atoms with Crippen LogP contribution in [0.3, 0.4) is 0 Å². The van der Waals surface area contributed by atoms with E-state index in [4.69, 9.17) is 22.6 Å². The molecule has 0 aliphatic rings. The summed E-state index contributed by atoms with van der Waals surface area (Å²) >= 11 is 6.08. The Kier molecular flexibility index (Phi) is 5.10. The summed E-state index contributed by atoms with van der Waals surface area (Å²) in [6.45, 7) is 4.46. The largest absolute Gasteiger partial charge is 0.399 e. The molecule has 0 spiro atoms. The lowest BCUT2D eigenvalue weighted by Crippen LogP contribution is -2.24. The van der Waals surface area contributed by atoms with E-state index in [1.807, 2.05) is 12.1 Å². The zero-order chi connectivity index (χ0) is 12.0. The molecule has 0 amide bonds. The molecule has 0 bridgehead atoms. The van der Waals surface area contributed by atoms with Gasteiger partial charge in [0.2, 0.25) is 0 Å². The van der Waals surface area contributed by atoms with E-state index < -0.39 is 0 Å². The van der Waals surface area contributed by atoms with Crippen molar-refractivity contribution in [3.8, 4) is 6.07 Å². The highest BCUT2D eigenvalue weighted by atomic mass is 35.5. The number of nitrogens with two attached hydrogens (primary N) is 1. The molecule has 0 fully saturated rings. The second kappa shape index (κ2) is 6.37. The molecular formula is C12H16ClN3. The van der Waals surface area contributed by atoms with E-state index in [0.29, 0.717) is 6.42 Å². The number of nitrogens with zero attached hydrogens (tertiary/aromatic N) is 2. The topological polar surface area (TPSA) is 53.0 Å². The third kappa shape index (κ3) is 3.73. The Hall–Kier alpha value is -1.24. The predicted octanol–water partition coefficient (Wildman–Crippen LogP) is 2.66. The van der Waals surface area contributed by atoms with E-state index in [2.05, 4.69) is 17.9 Å². The van der Waals surface area contributed by atoms with Crippen LogP contribution in [0.5, 0.6) is 0 Å². The maximum Gasteiger partial charge on any atom is 0.0635 e. The fourth-order valence-corrected chi connectivity index (χ4v) is 1.69. The van der Waals surface area contributed by atoms with Crippen LogP contribution in [0.1, 0.15) is 18.9 Å². The average molecular weight is 238 g/mol. The molecule has 4 heteroatoms. The van der Waals surface area contributed by atoms with Gasteiger partial charge in [0.05, 0.1) is 6.07 Å². The minimum Gasteiger partial charge on any atom is -0.399 e. The van der Waals surface area contributed by atoms with E-state index in [1.165, 1.54) is 0 Å². The molecule has 1 aromatic carbocycles. The Bertz CT molecular complexity index is 384. The van der Waals surface area contributed by atoms with Gasteiger partial charge in [-0.05, 0) is 30.3 Å². The maximum atomic E-state index is 8.55. The Morgan fingerprint density at radius 1 is 1.50 bits per heavy atom. The van der Waals surface area contributed by atoms with Crippen LogP contribution in [-0.2, 0) is 6.54 Å². The molecule has 0 aliphatic heterocycles. The zero-order valence-corrected chi connectivity index (χ0v) is 10.2. The van der Waals surface area contributed by atoms with Crippen LogP contribution < -0.4 is 5.73 Å². The van der Waals surface area contributed by atoms with Crippen LogP contribution in [0.2, 0.25) is 5.02 Å². The fourth-order valence-electron chi connectivity index (χ4n) is 1.51. The van der Waals surface area contributed by atoms with Crippen molar-refractivity contribution < 1.29 is 0 Å². The summed E-state index contributed by atoms with van der Waals surface area (Å²) in [6.07, 6.45) is 0.535. The van der Waals surface area contributed by atoms with Gasteiger partial charge in [0.25, 0.3) is 0 Å². The van der Waals surface area contributed by atoms with E-state index in [-0.39, 0.29) is 0 Å². The highest BCUT2D eigenvalue weighted by Crippen LogP contribution is 2.20. The molecule has 1 rings (SSSR count). The van der Waals surface area contributed by atoms with Crippen LogP contribution in [0, 0.1) is 11.3 Å². The molecule has 86 valence electrons. The first kappa shape index (κ1) is 12.8. The Morgan fingerprint density at radius 3 is 2.88 bits per heavy atom. The van der Waals surface area contributed by atoms with Gasteiger partial charge in [-0.25, -0.2) is 0 Å². The lowest BCUT2D eigenvalue weighted by Gasteiger charge is -2.19. The van der Waals surface area contributed by atoms with Crippen molar-refractivity contribution in [3.05, 3.63) is 28.8 Å². The lowest BCUT2D eigenvalue weighted by atomic mass is 10.2. The van der Waals surface area contributed by atoms with Gasteiger partial charge in [-0.2, -0.15) is 5.26 Å². The van der Waals surface area contributed by atoms with Gasteiger partial charge < -0.3 is 5.73 Å². The van der Waals surface area contributed by atoms with Crippen molar-refractivity contribution in [2.45, 2.75) is 19.9 Å². The third-order valence-corrected chi connectivity index (χ3v) is 2.82. The monoisotopic (exact) mass is 237 g/mol. The van der Waals surface area contributed by atoms with Crippen molar-refractivity contribution in [3.63, 3.8) is 0 Å². The minimum atomic E-state index is 0.535. The summed E-state index contributed by atoms with van der Waals surface area (Å²) in [5.74, 6) is 0. The van der Waals surface area contributed by atoms with E-state index in [9.17, 15) is 0 Å². The first-order valence-electron chi connectivity index (χ1n) is 5.30. The summed E-state index contributed by atoms with van der Waals surface area (Å²) in [5, 5.41) is 9.28. The number of halogens is 1. The van der Waals surface area contributed by atoms with Crippen molar-refractivity contribution in [1.29, 1.82) is 5.26 Å². The van der Waals surface area contributed by atoms with E-state index in [0.717, 1.165) is 35.9 Å². The average Bonchev–Trinajstić information content (AvgIpc) is 2.28. The van der Waals surface area contributed by atoms with Crippen molar-refractivity contribution in [2.75, 3.05) is 18.8 Å². The Labute approximate surface area is 101 Å². The van der Waals surface area contributed by atoms with E-state index >= 15 is 0 Å². The van der Waals surface area contributed by atoms with Gasteiger partial charge in [0.1, 0.15) is 0 Å². The van der Waals surface area contributed by atoms with Crippen molar-refractivity contribution in [1.82, 2.24) is 4.90 Å². The third-order valence-electron chi connectivity index (χ3n) is 2.45. The van der Waals surface area contributed by atoms with Crippen molar-refractivity contribution >= 4 is 17.3 Å². The summed E-state index contributed by atoms with van der Waals surface area (Å²) in [6, 6.07) is 7.63. The second-order valence-electron chi connectivity index (χ2n) is 3.63. The minimum absolute atomic E-state index is 0.535. The summed E-state index contributed by atoms with van der Waals surface area (Å²) in [7, 11) is 0. The second-order valence-corrected chi connectivity index (χ2v) is 4.03. The number of rotatable bonds is 5. The molecule has 0 atom stereocenters. The van der Waals surface area contributed by atoms with Gasteiger partial charge in [-0.15, -0.1) is 0 Å². The van der Waals surface area contributed by atoms with Crippen LogP contribution >= 0.6 is 11.6 Å². The number of nitriles is 1. The van der Waals surface area contributed by atoms with Gasteiger partial charge >= 0.3 is 0 Å². The summed E-state index contributed by atoms with van der Waals surface area (Å²) in [4.78, 5) is 2.17. The summed E-state index contributed by atoms with van der Waals surface area (Å²) < 4.78 is 0. The Morgan fingerprint density at radius 2 is 2.25 bits per heavy atom. The molecule has 0 radical (unpaired) electrons. The van der Waals surface area contributed by atoms with Gasteiger partial charge in [0.15, 0.2) is 0 Å². The molecule has 16 heavy (non-hydrogen) atoms. The standard InChI is InChI=1S/C12H16ClN3/c1-2-16(7-3-6-14)9-10-8-11(15)4-5-12(10)13/h4-5,8H,2-3,7,9,15H2,1H3. The molecule has 0 unspecified atom stereocenters. The SMILES string of the molecule is CCN(CCC#N)Cc1cc(N)ccc1Cl. The number of benzene rings is 1. The summed E-state index contributed by atoms with van der Waals surface area (Å²) in [5.41, 5.74) is 7.45. The molecule has 3 nitrogen and oxygen atoms in total. The Balaban J connectivity index is 2.70. The molecule has 1 aromatic rings. The first-order valence-corrected chi connectivity index (χ1v) is 5.68. The number of anilines is 1. The van der Waals surface area contributed by atoms with Crippen molar-refractivity contribution in [2.24, 2.45) is 0 Å². The predicted molar refractivity (Wildman–Crippen MR) is 67.0 cm³/mol. The van der Waals surface area contributed by atoms with Crippen LogP contribution in [0.4, 0.5) is 5.69 Å². The maximum absolute atomic E-state index is 8.55. The molecule has 0 aromatic heterocycles. The molecule has 0 saturated carbocycles. The zero-order valence-electron chi connectivity index (χ0n) is 9.41. The van der Waals surface area contributed by atoms with Gasteiger partial charge in [-0.3, -0.25) is 4.90 Å². The van der Waals surface area contributed by atoms with Crippen LogP contribution in [-0.4, -0.2) is 18.0 Å². The number of nitrogen functional groups attached to an aromatic ring is 1. The van der Waals surface area contributed by atoms with E-state index in [1.54, 1.807) is 6.07 Å². The lowest BCUT2D eigenvalue weighted by molar-refractivity contribution is 0.287. The first-order chi connectivity index (χ1) is 7.67. The fraction of sp³-hybridized carbons (Fsp3) is 0.417. The number of hydrogen-bond donors (Lipinski definition) is 1. The highest BCUT2D eigenvalue weighted by molar-refractivity contribution is 6.31. The number of hydrogen-bond acceptors (Lipinski definition) is 3. The smallest absolute Gasteiger partial charge is 0.0635 e. The molecule has 2 N–H and O–H groups in total. The van der Waals surface area contributed by atoms with Gasteiger partial charge in [-0.1, -0.05) is 18.5 Å². The highest BCUT2D eigenvalue weighted by Gasteiger charge is 2.06. The van der Waals surface area contributed by atoms with Crippen LogP contribution in [0.15, 0.2) is 18.2 Å². The normalized spacial score (nSPS) is 10.4. The van der Waals surface area contributed by atoms with Crippen LogP contribution in [0.25, 0.3) is 0 Å². The quantitative estimate of drug-likeness (QED) is 0.801.